The molecule has 4 heteroatoms. The van der Waals surface area contributed by atoms with Crippen LogP contribution in [0.4, 0.5) is 0 Å². The van der Waals surface area contributed by atoms with Gasteiger partial charge in [0, 0.05) is 6.07 Å². The van der Waals surface area contributed by atoms with Gasteiger partial charge in [-0.2, -0.15) is 0 Å². The van der Waals surface area contributed by atoms with Crippen molar-refractivity contribution in [3.63, 3.8) is 0 Å². The smallest absolute Gasteiger partial charge is 0.219 e. The SMILES string of the molecule is CCc1ccc(Oc2ccc(Cl)c(CO)n2)cc1. The molecule has 0 radical (unpaired) electrons. The van der Waals surface area contributed by atoms with E-state index < -0.39 is 0 Å². The minimum absolute atomic E-state index is 0.204. The molecule has 0 unspecified atom stereocenters. The molecule has 1 heterocycles. The molecule has 94 valence electrons. The van der Waals surface area contributed by atoms with E-state index in [0.29, 0.717) is 22.3 Å². The molecule has 0 aliphatic carbocycles. The molecule has 1 aromatic heterocycles. The molecule has 2 rings (SSSR count). The summed E-state index contributed by atoms with van der Waals surface area (Å²) in [6.45, 7) is 1.90. The van der Waals surface area contributed by atoms with Gasteiger partial charge in [0.1, 0.15) is 5.75 Å². The molecule has 18 heavy (non-hydrogen) atoms. The summed E-state index contributed by atoms with van der Waals surface area (Å²) >= 11 is 5.86. The molecule has 2 aromatic rings. The van der Waals surface area contributed by atoms with Crippen LogP contribution >= 0.6 is 11.6 Å². The first-order valence-corrected chi connectivity index (χ1v) is 6.13. The zero-order valence-electron chi connectivity index (χ0n) is 10.1. The number of nitrogens with zero attached hydrogens (tertiary/aromatic N) is 1. The summed E-state index contributed by atoms with van der Waals surface area (Å²) in [5.74, 6) is 1.14. The number of aliphatic hydroxyl groups is 1. The fraction of sp³-hybridized carbons (Fsp3) is 0.214. The summed E-state index contributed by atoms with van der Waals surface area (Å²) in [6.07, 6.45) is 0.994. The predicted octanol–water partition coefficient (Wildman–Crippen LogP) is 3.58. The number of benzene rings is 1. The molecular formula is C14H14ClNO2. The first-order chi connectivity index (χ1) is 8.72. The van der Waals surface area contributed by atoms with E-state index in [4.69, 9.17) is 21.4 Å². The summed E-state index contributed by atoms with van der Waals surface area (Å²) in [5, 5.41) is 9.51. The summed E-state index contributed by atoms with van der Waals surface area (Å²) in [7, 11) is 0. The van der Waals surface area contributed by atoms with Crippen LogP contribution in [0.5, 0.6) is 11.6 Å². The van der Waals surface area contributed by atoms with Crippen LogP contribution in [0.1, 0.15) is 18.2 Å². The minimum Gasteiger partial charge on any atom is -0.439 e. The molecule has 0 bridgehead atoms. The van der Waals surface area contributed by atoms with Crippen molar-refractivity contribution in [1.82, 2.24) is 4.98 Å². The van der Waals surface area contributed by atoms with Gasteiger partial charge in [0.25, 0.3) is 0 Å². The quantitative estimate of drug-likeness (QED) is 0.917. The van der Waals surface area contributed by atoms with E-state index >= 15 is 0 Å². The Hall–Kier alpha value is -1.58. The van der Waals surface area contributed by atoms with Crippen molar-refractivity contribution in [2.75, 3.05) is 0 Å². The van der Waals surface area contributed by atoms with Gasteiger partial charge < -0.3 is 9.84 Å². The number of aliphatic hydroxyl groups excluding tert-OH is 1. The Morgan fingerprint density at radius 3 is 2.50 bits per heavy atom. The minimum atomic E-state index is -0.204. The Labute approximate surface area is 111 Å². The van der Waals surface area contributed by atoms with Crippen LogP contribution in [0, 0.1) is 0 Å². The average Bonchev–Trinajstić information content (AvgIpc) is 2.42. The molecule has 0 spiro atoms. The molecule has 0 aliphatic rings. The van der Waals surface area contributed by atoms with Crippen molar-refractivity contribution in [3.8, 4) is 11.6 Å². The van der Waals surface area contributed by atoms with Crippen molar-refractivity contribution >= 4 is 11.6 Å². The Morgan fingerprint density at radius 2 is 1.89 bits per heavy atom. The molecule has 0 saturated heterocycles. The maximum Gasteiger partial charge on any atom is 0.219 e. The topological polar surface area (TPSA) is 42.4 Å². The van der Waals surface area contributed by atoms with Gasteiger partial charge in [-0.25, -0.2) is 4.98 Å². The monoisotopic (exact) mass is 263 g/mol. The molecule has 0 aliphatic heterocycles. The molecule has 0 atom stereocenters. The molecule has 0 fully saturated rings. The Morgan fingerprint density at radius 1 is 1.17 bits per heavy atom. The van der Waals surface area contributed by atoms with Gasteiger partial charge >= 0.3 is 0 Å². The second kappa shape index (κ2) is 5.85. The van der Waals surface area contributed by atoms with Crippen LogP contribution < -0.4 is 4.74 Å². The van der Waals surface area contributed by atoms with Crippen LogP contribution in [-0.4, -0.2) is 10.1 Å². The third-order valence-corrected chi connectivity index (χ3v) is 2.94. The number of pyridine rings is 1. The van der Waals surface area contributed by atoms with E-state index in [1.807, 2.05) is 24.3 Å². The van der Waals surface area contributed by atoms with Crippen molar-refractivity contribution in [3.05, 3.63) is 52.7 Å². The second-order valence-corrected chi connectivity index (χ2v) is 4.24. The van der Waals surface area contributed by atoms with Gasteiger partial charge in [0.15, 0.2) is 0 Å². The normalized spacial score (nSPS) is 10.4. The fourth-order valence-corrected chi connectivity index (χ4v) is 1.71. The van der Waals surface area contributed by atoms with Gasteiger partial charge in [-0.15, -0.1) is 0 Å². The first kappa shape index (κ1) is 12.9. The third kappa shape index (κ3) is 3.00. The number of halogens is 1. The van der Waals surface area contributed by atoms with E-state index in [-0.39, 0.29) is 6.61 Å². The highest BCUT2D eigenvalue weighted by molar-refractivity contribution is 6.31. The highest BCUT2D eigenvalue weighted by Gasteiger charge is 2.04. The van der Waals surface area contributed by atoms with Crippen molar-refractivity contribution in [2.45, 2.75) is 20.0 Å². The summed E-state index contributed by atoms with van der Waals surface area (Å²) in [4.78, 5) is 4.12. The largest absolute Gasteiger partial charge is 0.439 e. The maximum absolute atomic E-state index is 9.07. The van der Waals surface area contributed by atoms with Crippen molar-refractivity contribution in [1.29, 1.82) is 0 Å². The maximum atomic E-state index is 9.07. The summed E-state index contributed by atoms with van der Waals surface area (Å²) in [5.41, 5.74) is 1.67. The summed E-state index contributed by atoms with van der Waals surface area (Å²) in [6, 6.07) is 11.2. The third-order valence-electron chi connectivity index (χ3n) is 2.60. The lowest BCUT2D eigenvalue weighted by molar-refractivity contribution is 0.275. The van der Waals surface area contributed by atoms with Gasteiger partial charge in [-0.1, -0.05) is 30.7 Å². The number of aryl methyl sites for hydroxylation is 1. The van der Waals surface area contributed by atoms with Gasteiger partial charge in [-0.3, -0.25) is 0 Å². The Kier molecular flexibility index (Phi) is 4.18. The van der Waals surface area contributed by atoms with Crippen LogP contribution in [0.2, 0.25) is 5.02 Å². The van der Waals surface area contributed by atoms with Crippen molar-refractivity contribution < 1.29 is 9.84 Å². The summed E-state index contributed by atoms with van der Waals surface area (Å²) < 4.78 is 5.59. The lowest BCUT2D eigenvalue weighted by Gasteiger charge is -2.07. The number of ether oxygens (including phenoxy) is 1. The van der Waals surface area contributed by atoms with E-state index in [9.17, 15) is 0 Å². The molecule has 1 N–H and O–H groups in total. The van der Waals surface area contributed by atoms with Gasteiger partial charge in [0.2, 0.25) is 5.88 Å². The number of rotatable bonds is 4. The zero-order chi connectivity index (χ0) is 13.0. The lowest BCUT2D eigenvalue weighted by Crippen LogP contribution is -1.94. The zero-order valence-corrected chi connectivity index (χ0v) is 10.8. The van der Waals surface area contributed by atoms with E-state index in [0.717, 1.165) is 6.42 Å². The van der Waals surface area contributed by atoms with Crippen LogP contribution in [0.25, 0.3) is 0 Å². The first-order valence-electron chi connectivity index (χ1n) is 5.76. The van der Waals surface area contributed by atoms with Gasteiger partial charge in [0.05, 0.1) is 17.3 Å². The van der Waals surface area contributed by atoms with E-state index in [2.05, 4.69) is 11.9 Å². The highest BCUT2D eigenvalue weighted by Crippen LogP contribution is 2.23. The number of hydrogen-bond donors (Lipinski definition) is 1. The number of hydrogen-bond acceptors (Lipinski definition) is 3. The lowest BCUT2D eigenvalue weighted by atomic mass is 10.2. The average molecular weight is 264 g/mol. The van der Waals surface area contributed by atoms with Crippen LogP contribution in [0.15, 0.2) is 36.4 Å². The Balaban J connectivity index is 2.17. The highest BCUT2D eigenvalue weighted by atomic mass is 35.5. The molecule has 0 amide bonds. The standard InChI is InChI=1S/C14H14ClNO2/c1-2-10-3-5-11(6-4-10)18-14-8-7-12(15)13(9-17)16-14/h3-8,17H,2,9H2,1H3. The van der Waals surface area contributed by atoms with E-state index in [1.54, 1.807) is 12.1 Å². The molecule has 0 saturated carbocycles. The molecule has 1 aromatic carbocycles. The fourth-order valence-electron chi connectivity index (χ4n) is 1.55. The predicted molar refractivity (Wildman–Crippen MR) is 71.1 cm³/mol. The Bertz CT molecular complexity index is 526. The van der Waals surface area contributed by atoms with Gasteiger partial charge in [-0.05, 0) is 30.2 Å². The van der Waals surface area contributed by atoms with E-state index in [1.165, 1.54) is 5.56 Å². The van der Waals surface area contributed by atoms with Crippen molar-refractivity contribution in [2.24, 2.45) is 0 Å². The molecule has 3 nitrogen and oxygen atoms in total. The number of aromatic nitrogens is 1. The second-order valence-electron chi connectivity index (χ2n) is 3.84. The molecular weight excluding hydrogens is 250 g/mol. The van der Waals surface area contributed by atoms with Crippen LogP contribution in [0.3, 0.4) is 0 Å². The van der Waals surface area contributed by atoms with Crippen LogP contribution in [-0.2, 0) is 13.0 Å².